The number of hydrogen-bond donors (Lipinski definition) is 1. The standard InChI is InChI=1S/C20H26N2O3/c1-5-18(15(2)23)21-20(25)17-12-9-11-16(14-17)10-7-6-8-13-19(24)22(3)4/h9,11-12,14,18H,5-6,8,13H2,1-4H3,(H,21,25). The van der Waals surface area contributed by atoms with Crippen molar-refractivity contribution in [2.75, 3.05) is 14.1 Å². The van der Waals surface area contributed by atoms with Crippen LogP contribution in [0, 0.1) is 11.8 Å². The first-order valence-corrected chi connectivity index (χ1v) is 8.45. The average Bonchev–Trinajstić information content (AvgIpc) is 2.58. The van der Waals surface area contributed by atoms with Crippen LogP contribution in [-0.2, 0) is 9.59 Å². The van der Waals surface area contributed by atoms with E-state index in [1.165, 1.54) is 6.92 Å². The first-order chi connectivity index (χ1) is 11.8. The van der Waals surface area contributed by atoms with Crippen LogP contribution in [0.3, 0.4) is 0 Å². The molecule has 134 valence electrons. The van der Waals surface area contributed by atoms with Crippen LogP contribution >= 0.6 is 0 Å². The zero-order valence-corrected chi connectivity index (χ0v) is 15.4. The predicted octanol–water partition coefficient (Wildman–Crippen LogP) is 2.39. The Bertz CT molecular complexity index is 684. The summed E-state index contributed by atoms with van der Waals surface area (Å²) in [7, 11) is 3.47. The summed E-state index contributed by atoms with van der Waals surface area (Å²) in [5.41, 5.74) is 1.22. The Hall–Kier alpha value is -2.61. The van der Waals surface area contributed by atoms with E-state index in [0.29, 0.717) is 31.2 Å². The van der Waals surface area contributed by atoms with Gasteiger partial charge in [-0.15, -0.1) is 0 Å². The van der Waals surface area contributed by atoms with Gasteiger partial charge in [0.2, 0.25) is 5.91 Å². The second-order valence-electron chi connectivity index (χ2n) is 6.07. The minimum Gasteiger partial charge on any atom is -0.349 e. The lowest BCUT2D eigenvalue weighted by atomic mass is 10.1. The van der Waals surface area contributed by atoms with E-state index in [9.17, 15) is 14.4 Å². The van der Waals surface area contributed by atoms with Crippen molar-refractivity contribution in [2.24, 2.45) is 0 Å². The summed E-state index contributed by atoms with van der Waals surface area (Å²) in [5.74, 6) is 5.80. The summed E-state index contributed by atoms with van der Waals surface area (Å²) >= 11 is 0. The van der Waals surface area contributed by atoms with Crippen LogP contribution in [0.15, 0.2) is 24.3 Å². The Morgan fingerprint density at radius 1 is 1.24 bits per heavy atom. The van der Waals surface area contributed by atoms with Gasteiger partial charge in [-0.25, -0.2) is 0 Å². The molecule has 0 aliphatic rings. The van der Waals surface area contributed by atoms with Crippen molar-refractivity contribution in [3.05, 3.63) is 35.4 Å². The van der Waals surface area contributed by atoms with Crippen LogP contribution in [0.1, 0.15) is 55.5 Å². The molecule has 1 rings (SSSR count). The normalized spacial score (nSPS) is 11.0. The minimum atomic E-state index is -0.462. The maximum atomic E-state index is 12.2. The Labute approximate surface area is 149 Å². The first kappa shape index (κ1) is 20.4. The molecule has 0 saturated carbocycles. The van der Waals surface area contributed by atoms with Gasteiger partial charge in [0.05, 0.1) is 6.04 Å². The number of carbonyl (C=O) groups excluding carboxylic acids is 3. The second-order valence-corrected chi connectivity index (χ2v) is 6.07. The largest absolute Gasteiger partial charge is 0.349 e. The van der Waals surface area contributed by atoms with Crippen molar-refractivity contribution in [1.82, 2.24) is 10.2 Å². The number of unbranched alkanes of at least 4 members (excludes halogenated alkanes) is 1. The molecule has 0 spiro atoms. The van der Waals surface area contributed by atoms with Gasteiger partial charge in [-0.05, 0) is 38.0 Å². The third-order valence-corrected chi connectivity index (χ3v) is 3.75. The van der Waals surface area contributed by atoms with E-state index < -0.39 is 6.04 Å². The molecule has 25 heavy (non-hydrogen) atoms. The molecule has 0 bridgehead atoms. The number of Topliss-reactive ketones (excluding diaryl/α,β-unsaturated/α-hetero) is 1. The van der Waals surface area contributed by atoms with Gasteiger partial charge in [-0.1, -0.05) is 24.8 Å². The van der Waals surface area contributed by atoms with E-state index in [-0.39, 0.29) is 17.6 Å². The molecule has 0 saturated heterocycles. The van der Waals surface area contributed by atoms with Crippen LogP contribution in [0.5, 0.6) is 0 Å². The van der Waals surface area contributed by atoms with Crippen molar-refractivity contribution < 1.29 is 14.4 Å². The zero-order valence-electron chi connectivity index (χ0n) is 15.4. The number of benzene rings is 1. The zero-order chi connectivity index (χ0) is 18.8. The average molecular weight is 342 g/mol. The highest BCUT2D eigenvalue weighted by Crippen LogP contribution is 2.06. The van der Waals surface area contributed by atoms with Crippen LogP contribution in [0.25, 0.3) is 0 Å². The van der Waals surface area contributed by atoms with Gasteiger partial charge in [-0.3, -0.25) is 14.4 Å². The first-order valence-electron chi connectivity index (χ1n) is 8.45. The lowest BCUT2D eigenvalue weighted by Crippen LogP contribution is -2.39. The summed E-state index contributed by atoms with van der Waals surface area (Å²) in [5, 5.41) is 2.73. The Balaban J connectivity index is 2.63. The molecule has 0 aliphatic heterocycles. The fourth-order valence-corrected chi connectivity index (χ4v) is 2.19. The van der Waals surface area contributed by atoms with Crippen LogP contribution < -0.4 is 5.32 Å². The van der Waals surface area contributed by atoms with Crippen molar-refractivity contribution in [3.8, 4) is 11.8 Å². The quantitative estimate of drug-likeness (QED) is 0.611. The lowest BCUT2D eigenvalue weighted by molar-refractivity contribution is -0.128. The van der Waals surface area contributed by atoms with E-state index in [4.69, 9.17) is 0 Å². The maximum absolute atomic E-state index is 12.2. The third kappa shape index (κ3) is 7.21. The van der Waals surface area contributed by atoms with Crippen molar-refractivity contribution in [3.63, 3.8) is 0 Å². The van der Waals surface area contributed by atoms with E-state index in [2.05, 4.69) is 17.2 Å². The van der Waals surface area contributed by atoms with Crippen LogP contribution in [-0.4, -0.2) is 42.6 Å². The topological polar surface area (TPSA) is 66.5 Å². The third-order valence-electron chi connectivity index (χ3n) is 3.75. The van der Waals surface area contributed by atoms with Crippen LogP contribution in [0.4, 0.5) is 0 Å². The van der Waals surface area contributed by atoms with Gasteiger partial charge in [0, 0.05) is 38.1 Å². The van der Waals surface area contributed by atoms with Gasteiger partial charge in [0.1, 0.15) is 0 Å². The summed E-state index contributed by atoms with van der Waals surface area (Å²) < 4.78 is 0. The van der Waals surface area contributed by atoms with Crippen molar-refractivity contribution in [1.29, 1.82) is 0 Å². The summed E-state index contributed by atoms with van der Waals surface area (Å²) in [6.07, 6.45) is 2.37. The molecule has 0 fully saturated rings. The number of carbonyl (C=O) groups is 3. The highest BCUT2D eigenvalue weighted by atomic mass is 16.2. The molecule has 1 aromatic carbocycles. The van der Waals surface area contributed by atoms with Crippen LogP contribution in [0.2, 0.25) is 0 Å². The molecule has 5 heteroatoms. The second kappa shape index (κ2) is 10.3. The molecule has 1 atom stereocenters. The highest BCUT2D eigenvalue weighted by Gasteiger charge is 2.15. The molecular formula is C20H26N2O3. The number of hydrogen-bond acceptors (Lipinski definition) is 3. The fraction of sp³-hybridized carbons (Fsp3) is 0.450. The highest BCUT2D eigenvalue weighted by molar-refractivity contribution is 5.97. The molecule has 0 radical (unpaired) electrons. The summed E-state index contributed by atoms with van der Waals surface area (Å²) in [6, 6.07) is 6.54. The molecule has 0 heterocycles. The summed E-state index contributed by atoms with van der Waals surface area (Å²) in [6.45, 7) is 3.33. The minimum absolute atomic E-state index is 0.0564. The molecule has 5 nitrogen and oxygen atoms in total. The molecule has 1 aromatic rings. The molecule has 2 amide bonds. The van der Waals surface area contributed by atoms with E-state index >= 15 is 0 Å². The number of ketones is 1. The SMILES string of the molecule is CCC(NC(=O)c1cccc(C#CCCCC(=O)N(C)C)c1)C(C)=O. The molecule has 0 aliphatic carbocycles. The lowest BCUT2D eigenvalue weighted by Gasteiger charge is -2.13. The van der Waals surface area contributed by atoms with Gasteiger partial charge in [0.25, 0.3) is 5.91 Å². The monoisotopic (exact) mass is 342 g/mol. The van der Waals surface area contributed by atoms with E-state index in [1.807, 2.05) is 13.0 Å². The fourth-order valence-electron chi connectivity index (χ4n) is 2.19. The van der Waals surface area contributed by atoms with Gasteiger partial charge < -0.3 is 10.2 Å². The molecule has 0 aromatic heterocycles. The molecular weight excluding hydrogens is 316 g/mol. The van der Waals surface area contributed by atoms with E-state index in [0.717, 1.165) is 5.56 Å². The van der Waals surface area contributed by atoms with Gasteiger partial charge >= 0.3 is 0 Å². The van der Waals surface area contributed by atoms with Crippen molar-refractivity contribution in [2.45, 2.75) is 45.6 Å². The molecule has 1 N–H and O–H groups in total. The maximum Gasteiger partial charge on any atom is 0.251 e. The number of amides is 2. The number of nitrogens with zero attached hydrogens (tertiary/aromatic N) is 1. The smallest absolute Gasteiger partial charge is 0.251 e. The van der Waals surface area contributed by atoms with Gasteiger partial charge in [0.15, 0.2) is 5.78 Å². The number of rotatable bonds is 7. The Kier molecular flexibility index (Phi) is 8.42. The van der Waals surface area contributed by atoms with Crippen molar-refractivity contribution >= 4 is 17.6 Å². The van der Waals surface area contributed by atoms with E-state index in [1.54, 1.807) is 37.2 Å². The summed E-state index contributed by atoms with van der Waals surface area (Å²) in [4.78, 5) is 36.7. The Morgan fingerprint density at radius 3 is 2.56 bits per heavy atom. The number of nitrogens with one attached hydrogen (secondary N) is 1. The van der Waals surface area contributed by atoms with Gasteiger partial charge in [-0.2, -0.15) is 0 Å². The molecule has 1 unspecified atom stereocenters. The Morgan fingerprint density at radius 2 is 1.96 bits per heavy atom. The predicted molar refractivity (Wildman–Crippen MR) is 98.1 cm³/mol.